The minimum Gasteiger partial charge on any atom is -0.466 e. The Labute approximate surface area is 173 Å². The summed E-state index contributed by atoms with van der Waals surface area (Å²) in [7, 11) is -1.31. The summed E-state index contributed by atoms with van der Waals surface area (Å²) in [6, 6.07) is 6.33. The lowest BCUT2D eigenvalue weighted by Crippen LogP contribution is -2.41. The maximum Gasteiger partial charge on any atom is 0.407 e. The minimum absolute atomic E-state index is 0.0120. The van der Waals surface area contributed by atoms with Crippen LogP contribution in [0.2, 0.25) is 25.7 Å². The van der Waals surface area contributed by atoms with Crippen LogP contribution in [-0.2, 0) is 20.7 Å². The van der Waals surface area contributed by atoms with Crippen molar-refractivity contribution in [2.45, 2.75) is 70.9 Å². The average molecular weight is 425 g/mol. The topological polar surface area (TPSA) is 108 Å². The molecule has 0 aliphatic carbocycles. The van der Waals surface area contributed by atoms with Gasteiger partial charge >= 0.3 is 12.1 Å². The summed E-state index contributed by atoms with van der Waals surface area (Å²) < 4.78 is 10.6. The van der Waals surface area contributed by atoms with Crippen LogP contribution in [0.25, 0.3) is 0 Å². The van der Waals surface area contributed by atoms with Gasteiger partial charge < -0.3 is 14.8 Å². The molecule has 0 bridgehead atoms. The van der Waals surface area contributed by atoms with Gasteiger partial charge in [-0.05, 0) is 38.8 Å². The summed E-state index contributed by atoms with van der Waals surface area (Å²) in [6.07, 6.45) is -0.318. The second-order valence-corrected chi connectivity index (χ2v) is 14.8. The summed E-state index contributed by atoms with van der Waals surface area (Å²) in [5, 5.41) is 13.5. The van der Waals surface area contributed by atoms with Crippen LogP contribution in [0.5, 0.6) is 0 Å². The predicted molar refractivity (Wildman–Crippen MR) is 114 cm³/mol. The number of carbonyl (C=O) groups is 2. The molecule has 0 heterocycles. The van der Waals surface area contributed by atoms with E-state index in [1.807, 2.05) is 0 Å². The molecule has 8 nitrogen and oxygen atoms in total. The third-order valence-corrected chi connectivity index (χ3v) is 5.58. The predicted octanol–water partition coefficient (Wildman–Crippen LogP) is 4.30. The van der Waals surface area contributed by atoms with Crippen molar-refractivity contribution in [2.24, 2.45) is 0 Å². The first-order chi connectivity index (χ1) is 13.2. The van der Waals surface area contributed by atoms with Crippen LogP contribution >= 0.6 is 0 Å². The van der Waals surface area contributed by atoms with E-state index in [9.17, 15) is 19.7 Å². The highest BCUT2D eigenvalue weighted by Crippen LogP contribution is 2.15. The summed E-state index contributed by atoms with van der Waals surface area (Å²) in [6.45, 7) is 12.2. The van der Waals surface area contributed by atoms with E-state index in [4.69, 9.17) is 9.47 Å². The fourth-order valence-electron chi connectivity index (χ4n) is 2.42. The number of nitro benzene ring substituents is 1. The number of hydrogen-bond acceptors (Lipinski definition) is 6. The highest BCUT2D eigenvalue weighted by molar-refractivity contribution is 6.76. The average Bonchev–Trinajstić information content (AvgIpc) is 2.52. The fraction of sp³-hybridized carbons (Fsp3) is 0.600. The Morgan fingerprint density at radius 3 is 2.24 bits per heavy atom. The van der Waals surface area contributed by atoms with E-state index in [0.29, 0.717) is 13.0 Å². The molecule has 0 saturated carbocycles. The van der Waals surface area contributed by atoms with Crippen molar-refractivity contribution in [1.82, 2.24) is 5.32 Å². The van der Waals surface area contributed by atoms with Crippen molar-refractivity contribution in [1.29, 1.82) is 0 Å². The number of benzene rings is 1. The highest BCUT2D eigenvalue weighted by Gasteiger charge is 2.23. The lowest BCUT2D eigenvalue weighted by molar-refractivity contribution is -0.384. The molecule has 29 heavy (non-hydrogen) atoms. The summed E-state index contributed by atoms with van der Waals surface area (Å²) in [5.74, 6) is -0.397. The van der Waals surface area contributed by atoms with Crippen LogP contribution < -0.4 is 5.32 Å². The number of nitrogens with one attached hydrogen (secondary N) is 1. The quantitative estimate of drug-likeness (QED) is 0.274. The zero-order valence-corrected chi connectivity index (χ0v) is 19.1. The number of alkyl carbamates (subject to hydrolysis) is 1. The molecule has 0 aliphatic rings. The maximum absolute atomic E-state index is 12.3. The molecule has 9 heteroatoms. The van der Waals surface area contributed by atoms with Crippen LogP contribution in [0.15, 0.2) is 24.3 Å². The van der Waals surface area contributed by atoms with Gasteiger partial charge in [-0.2, -0.15) is 0 Å². The van der Waals surface area contributed by atoms with Gasteiger partial charge in [-0.1, -0.05) is 31.8 Å². The first-order valence-corrected chi connectivity index (χ1v) is 13.3. The molecule has 0 aliphatic heterocycles. The Bertz CT molecular complexity index is 707. The number of hydrogen-bond donors (Lipinski definition) is 1. The van der Waals surface area contributed by atoms with E-state index in [1.54, 1.807) is 32.9 Å². The van der Waals surface area contributed by atoms with Crippen molar-refractivity contribution in [3.8, 4) is 0 Å². The molecule has 0 fully saturated rings. The van der Waals surface area contributed by atoms with Crippen LogP contribution in [0.3, 0.4) is 0 Å². The van der Waals surface area contributed by atoms with Gasteiger partial charge in [0.2, 0.25) is 0 Å². The van der Waals surface area contributed by atoms with Gasteiger partial charge in [-0.25, -0.2) is 4.79 Å². The smallest absolute Gasteiger partial charge is 0.407 e. The van der Waals surface area contributed by atoms with Crippen molar-refractivity contribution in [2.75, 3.05) is 6.61 Å². The third-order valence-electron chi connectivity index (χ3n) is 3.88. The number of ether oxygens (including phenoxy) is 2. The van der Waals surface area contributed by atoms with E-state index in [0.717, 1.165) is 11.6 Å². The molecule has 1 atom stereocenters. The molecule has 0 spiro atoms. The van der Waals surface area contributed by atoms with Crippen LogP contribution in [0.4, 0.5) is 10.5 Å². The highest BCUT2D eigenvalue weighted by atomic mass is 28.3. The number of nitro groups is 1. The normalized spacial score (nSPS) is 12.8. The second-order valence-electron chi connectivity index (χ2n) is 9.21. The molecule has 1 aromatic rings. The zero-order valence-electron chi connectivity index (χ0n) is 18.1. The summed E-state index contributed by atoms with van der Waals surface area (Å²) in [5.41, 5.74) is 0.0718. The van der Waals surface area contributed by atoms with Crippen LogP contribution in [-0.4, -0.2) is 43.3 Å². The van der Waals surface area contributed by atoms with Crippen molar-refractivity contribution >= 4 is 25.8 Å². The first-order valence-electron chi connectivity index (χ1n) is 9.64. The molecule has 1 amide bonds. The Morgan fingerprint density at radius 1 is 1.17 bits per heavy atom. The van der Waals surface area contributed by atoms with E-state index in [-0.39, 0.29) is 12.1 Å². The SMILES string of the molecule is CC(C)(C)OC(=O)N[C@H](CC(=O)OCC[Si](C)(C)C)Cc1ccc([N+](=O)[O-])cc1. The van der Waals surface area contributed by atoms with Gasteiger partial charge in [-0.15, -0.1) is 0 Å². The molecule has 162 valence electrons. The van der Waals surface area contributed by atoms with Crippen LogP contribution in [0.1, 0.15) is 32.8 Å². The van der Waals surface area contributed by atoms with Gasteiger partial charge in [0.25, 0.3) is 5.69 Å². The van der Waals surface area contributed by atoms with E-state index in [2.05, 4.69) is 25.0 Å². The fourth-order valence-corrected chi connectivity index (χ4v) is 3.13. The van der Waals surface area contributed by atoms with Gasteiger partial charge in [-0.3, -0.25) is 14.9 Å². The number of esters is 1. The molecule has 0 aromatic heterocycles. The van der Waals surface area contributed by atoms with Crippen molar-refractivity contribution in [3.63, 3.8) is 0 Å². The maximum atomic E-state index is 12.3. The van der Waals surface area contributed by atoms with Crippen LogP contribution in [0, 0.1) is 10.1 Å². The molecule has 1 N–H and O–H groups in total. The molecule has 0 unspecified atom stereocenters. The lowest BCUT2D eigenvalue weighted by atomic mass is 10.0. The van der Waals surface area contributed by atoms with E-state index < -0.39 is 36.7 Å². The number of nitrogens with zero attached hydrogens (tertiary/aromatic N) is 1. The van der Waals surface area contributed by atoms with Gasteiger partial charge in [0.05, 0.1) is 18.0 Å². The number of rotatable bonds is 9. The van der Waals surface area contributed by atoms with Crippen molar-refractivity contribution < 1.29 is 24.0 Å². The minimum atomic E-state index is -1.31. The Balaban J connectivity index is 2.78. The standard InChI is InChI=1S/C20H32N2O6Si/c1-20(2,3)28-19(24)21-16(14-18(23)27-11-12-29(4,5)6)13-15-7-9-17(10-8-15)22(25)26/h7-10,16H,11-14H2,1-6H3,(H,21,24)/t16-/m0/s1. The van der Waals surface area contributed by atoms with E-state index in [1.165, 1.54) is 12.1 Å². The van der Waals surface area contributed by atoms with Gasteiger partial charge in [0.15, 0.2) is 0 Å². The Morgan fingerprint density at radius 2 is 1.76 bits per heavy atom. The van der Waals surface area contributed by atoms with Crippen molar-refractivity contribution in [3.05, 3.63) is 39.9 Å². The molecule has 1 aromatic carbocycles. The number of non-ortho nitro benzene ring substituents is 1. The van der Waals surface area contributed by atoms with Gasteiger partial charge in [0, 0.05) is 26.2 Å². The Hall–Kier alpha value is -2.42. The van der Waals surface area contributed by atoms with Gasteiger partial charge in [0.1, 0.15) is 5.60 Å². The first kappa shape index (κ1) is 24.6. The largest absolute Gasteiger partial charge is 0.466 e. The number of carbonyl (C=O) groups excluding carboxylic acids is 2. The lowest BCUT2D eigenvalue weighted by Gasteiger charge is -2.23. The molecule has 0 radical (unpaired) electrons. The summed E-state index contributed by atoms with van der Waals surface area (Å²) >= 11 is 0. The molecular formula is C20H32N2O6Si. The zero-order chi connectivity index (χ0) is 22.2. The van der Waals surface area contributed by atoms with E-state index >= 15 is 0 Å². The summed E-state index contributed by atoms with van der Waals surface area (Å²) in [4.78, 5) is 34.7. The molecule has 0 saturated heterocycles. The second kappa shape index (κ2) is 10.4. The monoisotopic (exact) mass is 424 g/mol. The molecule has 1 rings (SSSR count). The molecular weight excluding hydrogens is 392 g/mol. The third kappa shape index (κ3) is 11.2. The Kier molecular flexibility index (Phi) is 8.81. The number of amides is 1.